The maximum Gasteiger partial charge on any atom is 0.317 e. The zero-order chi connectivity index (χ0) is 15.1. The molecule has 0 bridgehead atoms. The number of hydrogen-bond acceptors (Lipinski definition) is 3. The molecule has 0 aromatic heterocycles. The van der Waals surface area contributed by atoms with Gasteiger partial charge in [-0.15, -0.1) is 0 Å². The minimum absolute atomic E-state index is 0.00647. The van der Waals surface area contributed by atoms with Crippen LogP contribution in [0.2, 0.25) is 0 Å². The minimum Gasteiger partial charge on any atom is -0.395 e. The number of nitrogens with one attached hydrogen (secondary N) is 1. The van der Waals surface area contributed by atoms with Gasteiger partial charge in [0.1, 0.15) is 0 Å². The third kappa shape index (κ3) is 4.72. The van der Waals surface area contributed by atoms with Crippen molar-refractivity contribution in [3.63, 3.8) is 0 Å². The fraction of sp³-hybridized carbons (Fsp3) is 0.562. The summed E-state index contributed by atoms with van der Waals surface area (Å²) < 4.78 is 0. The van der Waals surface area contributed by atoms with Gasteiger partial charge in [0, 0.05) is 32.7 Å². The van der Waals surface area contributed by atoms with E-state index in [-0.39, 0.29) is 12.6 Å². The Labute approximate surface area is 126 Å². The quantitative estimate of drug-likeness (QED) is 0.830. The van der Waals surface area contributed by atoms with Crippen molar-refractivity contribution in [3.05, 3.63) is 35.9 Å². The summed E-state index contributed by atoms with van der Waals surface area (Å²) in [6.45, 7) is 3.05. The number of rotatable bonds is 6. The van der Waals surface area contributed by atoms with Crippen molar-refractivity contribution in [1.82, 2.24) is 15.1 Å². The molecule has 1 fully saturated rings. The number of likely N-dealkylation sites (tertiary alicyclic amines) is 1. The van der Waals surface area contributed by atoms with Crippen LogP contribution in [-0.4, -0.2) is 60.3 Å². The number of likely N-dealkylation sites (N-methyl/N-ethyl adjacent to an activating group) is 1. The van der Waals surface area contributed by atoms with E-state index in [0.29, 0.717) is 19.1 Å². The molecule has 0 aliphatic carbocycles. The first-order chi connectivity index (χ1) is 10.2. The lowest BCUT2D eigenvalue weighted by Gasteiger charge is -2.26. The van der Waals surface area contributed by atoms with Crippen molar-refractivity contribution in [1.29, 1.82) is 0 Å². The van der Waals surface area contributed by atoms with Gasteiger partial charge < -0.3 is 15.3 Å². The topological polar surface area (TPSA) is 55.8 Å². The van der Waals surface area contributed by atoms with E-state index in [4.69, 9.17) is 5.11 Å². The zero-order valence-electron chi connectivity index (χ0n) is 12.7. The van der Waals surface area contributed by atoms with Crippen LogP contribution in [0.4, 0.5) is 4.79 Å². The van der Waals surface area contributed by atoms with Gasteiger partial charge in [0.15, 0.2) is 0 Å². The molecule has 1 heterocycles. The number of carbonyl (C=O) groups excluding carboxylic acids is 1. The first kappa shape index (κ1) is 15.8. The molecule has 5 heteroatoms. The van der Waals surface area contributed by atoms with Crippen molar-refractivity contribution >= 4 is 6.03 Å². The maximum absolute atomic E-state index is 11.8. The molecule has 0 spiro atoms. The Morgan fingerprint density at radius 3 is 2.90 bits per heavy atom. The van der Waals surface area contributed by atoms with E-state index in [9.17, 15) is 4.79 Å². The highest BCUT2D eigenvalue weighted by atomic mass is 16.3. The van der Waals surface area contributed by atoms with E-state index in [1.54, 1.807) is 7.05 Å². The highest BCUT2D eigenvalue weighted by Gasteiger charge is 2.25. The number of nitrogens with zero attached hydrogens (tertiary/aromatic N) is 2. The lowest BCUT2D eigenvalue weighted by atomic mass is 10.2. The second-order valence-corrected chi connectivity index (χ2v) is 5.58. The van der Waals surface area contributed by atoms with Gasteiger partial charge in [-0.25, -0.2) is 4.79 Å². The Hall–Kier alpha value is -1.59. The van der Waals surface area contributed by atoms with Crippen LogP contribution in [0.25, 0.3) is 0 Å². The molecule has 2 rings (SSSR count). The van der Waals surface area contributed by atoms with Crippen LogP contribution in [0.3, 0.4) is 0 Å². The van der Waals surface area contributed by atoms with Gasteiger partial charge in [-0.1, -0.05) is 30.3 Å². The van der Waals surface area contributed by atoms with Gasteiger partial charge in [-0.3, -0.25) is 4.90 Å². The molecule has 1 aromatic rings. The predicted octanol–water partition coefficient (Wildman–Crippen LogP) is 1.28. The van der Waals surface area contributed by atoms with Crippen LogP contribution < -0.4 is 5.32 Å². The fourth-order valence-electron chi connectivity index (χ4n) is 2.74. The Morgan fingerprint density at radius 1 is 1.43 bits per heavy atom. The van der Waals surface area contributed by atoms with Crippen LogP contribution in [0, 0.1) is 0 Å². The largest absolute Gasteiger partial charge is 0.395 e. The van der Waals surface area contributed by atoms with Crippen molar-refractivity contribution in [2.45, 2.75) is 25.4 Å². The van der Waals surface area contributed by atoms with Crippen molar-refractivity contribution in [3.8, 4) is 0 Å². The molecule has 0 radical (unpaired) electrons. The smallest absolute Gasteiger partial charge is 0.317 e. The summed E-state index contributed by atoms with van der Waals surface area (Å²) in [6, 6.07) is 10.7. The summed E-state index contributed by atoms with van der Waals surface area (Å²) >= 11 is 0. The van der Waals surface area contributed by atoms with Crippen LogP contribution in [-0.2, 0) is 6.54 Å². The lowest BCUT2D eigenvalue weighted by molar-refractivity contribution is 0.183. The summed E-state index contributed by atoms with van der Waals surface area (Å²) in [6.07, 6.45) is 2.30. The summed E-state index contributed by atoms with van der Waals surface area (Å²) in [7, 11) is 1.70. The van der Waals surface area contributed by atoms with E-state index in [1.807, 2.05) is 6.07 Å². The van der Waals surface area contributed by atoms with Gasteiger partial charge in [0.05, 0.1) is 6.61 Å². The van der Waals surface area contributed by atoms with Gasteiger partial charge >= 0.3 is 6.03 Å². The number of urea groups is 1. The van der Waals surface area contributed by atoms with Gasteiger partial charge in [0.25, 0.3) is 0 Å². The van der Waals surface area contributed by atoms with Crippen molar-refractivity contribution in [2.24, 2.45) is 0 Å². The van der Waals surface area contributed by atoms with Crippen LogP contribution in [0.1, 0.15) is 18.4 Å². The Bertz CT molecular complexity index is 438. The molecule has 116 valence electrons. The first-order valence-electron chi connectivity index (χ1n) is 7.58. The van der Waals surface area contributed by atoms with E-state index in [0.717, 1.165) is 19.5 Å². The number of carbonyl (C=O) groups is 1. The number of hydrogen-bond donors (Lipinski definition) is 2. The molecule has 1 aliphatic rings. The molecule has 21 heavy (non-hydrogen) atoms. The summed E-state index contributed by atoms with van der Waals surface area (Å²) in [5.74, 6) is 0. The number of aliphatic hydroxyl groups excluding tert-OH is 1. The Kier molecular flexibility index (Phi) is 6.02. The van der Waals surface area contributed by atoms with Crippen molar-refractivity contribution in [2.75, 3.05) is 33.3 Å². The van der Waals surface area contributed by atoms with E-state index in [2.05, 4.69) is 34.5 Å². The second kappa shape index (κ2) is 8.00. The SMILES string of the molecule is CN(CCO)C(=O)NCC1CCCN1Cc1ccccc1. The molecule has 1 aromatic carbocycles. The monoisotopic (exact) mass is 291 g/mol. The van der Waals surface area contributed by atoms with Gasteiger partial charge in [-0.05, 0) is 24.9 Å². The highest BCUT2D eigenvalue weighted by molar-refractivity contribution is 5.73. The average molecular weight is 291 g/mol. The zero-order valence-corrected chi connectivity index (χ0v) is 12.7. The maximum atomic E-state index is 11.8. The summed E-state index contributed by atoms with van der Waals surface area (Å²) in [5.41, 5.74) is 1.31. The van der Waals surface area contributed by atoms with E-state index < -0.39 is 0 Å². The molecule has 0 saturated carbocycles. The van der Waals surface area contributed by atoms with Crippen LogP contribution in [0.5, 0.6) is 0 Å². The van der Waals surface area contributed by atoms with Gasteiger partial charge in [-0.2, -0.15) is 0 Å². The third-order valence-electron chi connectivity index (χ3n) is 4.00. The lowest BCUT2D eigenvalue weighted by Crippen LogP contribution is -2.45. The minimum atomic E-state index is -0.115. The molecule has 1 saturated heterocycles. The number of amides is 2. The summed E-state index contributed by atoms with van der Waals surface area (Å²) in [5, 5.41) is 11.8. The number of benzene rings is 1. The second-order valence-electron chi connectivity index (χ2n) is 5.58. The average Bonchev–Trinajstić information content (AvgIpc) is 2.93. The van der Waals surface area contributed by atoms with E-state index in [1.165, 1.54) is 16.9 Å². The van der Waals surface area contributed by atoms with Crippen LogP contribution in [0.15, 0.2) is 30.3 Å². The standard InChI is InChI=1S/C16H25N3O2/c1-18(10-11-20)16(21)17-12-15-8-5-9-19(15)13-14-6-3-2-4-7-14/h2-4,6-7,15,20H,5,8-13H2,1H3,(H,17,21). The molecule has 1 atom stereocenters. The van der Waals surface area contributed by atoms with E-state index >= 15 is 0 Å². The highest BCUT2D eigenvalue weighted by Crippen LogP contribution is 2.19. The number of aliphatic hydroxyl groups is 1. The molecule has 2 N–H and O–H groups in total. The van der Waals surface area contributed by atoms with Gasteiger partial charge in [0.2, 0.25) is 0 Å². The molecule has 1 aliphatic heterocycles. The normalized spacial score (nSPS) is 18.7. The molecule has 2 amide bonds. The van der Waals surface area contributed by atoms with Crippen LogP contribution >= 0.6 is 0 Å². The first-order valence-corrected chi connectivity index (χ1v) is 7.58. The molecule has 1 unspecified atom stereocenters. The predicted molar refractivity (Wildman–Crippen MR) is 83.0 cm³/mol. The van der Waals surface area contributed by atoms with Crippen molar-refractivity contribution < 1.29 is 9.90 Å². The fourth-order valence-corrected chi connectivity index (χ4v) is 2.74. The summed E-state index contributed by atoms with van der Waals surface area (Å²) in [4.78, 5) is 15.8. The molecular weight excluding hydrogens is 266 g/mol. The Morgan fingerprint density at radius 2 is 2.19 bits per heavy atom. The third-order valence-corrected chi connectivity index (χ3v) is 4.00. The molecule has 5 nitrogen and oxygen atoms in total. The Balaban J connectivity index is 1.81. The molecular formula is C16H25N3O2.